The van der Waals surface area contributed by atoms with E-state index in [0.717, 1.165) is 27.8 Å². The Hall–Kier alpha value is -4.33. The lowest BCUT2D eigenvalue weighted by Crippen LogP contribution is -2.32. The SMILES string of the molecule is O=C(O)CCCOc1ccc(COC(=O)CNC(=O)OCC2c3ccccc3-c3ccccc32)cc1. The van der Waals surface area contributed by atoms with Crippen molar-refractivity contribution >= 4 is 18.0 Å². The number of hydrogen-bond donors (Lipinski definition) is 2. The van der Waals surface area contributed by atoms with Crippen LogP contribution < -0.4 is 10.1 Å². The Kier molecular flexibility index (Phi) is 8.18. The van der Waals surface area contributed by atoms with Crippen molar-refractivity contribution in [3.05, 3.63) is 89.5 Å². The molecule has 186 valence electrons. The van der Waals surface area contributed by atoms with Gasteiger partial charge in [-0.15, -0.1) is 0 Å². The van der Waals surface area contributed by atoms with Crippen LogP contribution in [-0.4, -0.2) is 42.9 Å². The van der Waals surface area contributed by atoms with Gasteiger partial charge in [0.1, 0.15) is 25.5 Å². The summed E-state index contributed by atoms with van der Waals surface area (Å²) in [6, 6.07) is 23.1. The number of rotatable bonds is 11. The molecule has 4 rings (SSSR count). The van der Waals surface area contributed by atoms with Crippen LogP contribution in [0.5, 0.6) is 5.75 Å². The second-order valence-electron chi connectivity index (χ2n) is 8.33. The van der Waals surface area contributed by atoms with Crippen LogP contribution in [-0.2, 0) is 25.7 Å². The third kappa shape index (κ3) is 6.41. The van der Waals surface area contributed by atoms with E-state index in [1.807, 2.05) is 36.4 Å². The van der Waals surface area contributed by atoms with Crippen LogP contribution in [0.15, 0.2) is 72.8 Å². The van der Waals surface area contributed by atoms with Gasteiger partial charge in [0.15, 0.2) is 0 Å². The molecule has 0 aromatic heterocycles. The highest BCUT2D eigenvalue weighted by molar-refractivity contribution is 5.80. The molecule has 1 aliphatic rings. The number of carboxylic acid groups (broad SMARTS) is 1. The van der Waals surface area contributed by atoms with Crippen LogP contribution in [0.3, 0.4) is 0 Å². The molecule has 3 aromatic carbocycles. The predicted octanol–water partition coefficient (Wildman–Crippen LogP) is 4.51. The van der Waals surface area contributed by atoms with Crippen molar-refractivity contribution in [1.29, 1.82) is 0 Å². The molecule has 0 spiro atoms. The fourth-order valence-corrected chi connectivity index (χ4v) is 4.10. The van der Waals surface area contributed by atoms with E-state index < -0.39 is 18.0 Å². The van der Waals surface area contributed by atoms with Gasteiger partial charge in [-0.2, -0.15) is 0 Å². The highest BCUT2D eigenvalue weighted by Crippen LogP contribution is 2.44. The van der Waals surface area contributed by atoms with Crippen LogP contribution in [0.2, 0.25) is 0 Å². The van der Waals surface area contributed by atoms with E-state index in [1.54, 1.807) is 24.3 Å². The van der Waals surface area contributed by atoms with Crippen molar-refractivity contribution in [3.63, 3.8) is 0 Å². The summed E-state index contributed by atoms with van der Waals surface area (Å²) in [5, 5.41) is 11.1. The summed E-state index contributed by atoms with van der Waals surface area (Å²) in [5.74, 6) is -0.895. The Labute approximate surface area is 208 Å². The molecule has 1 aliphatic carbocycles. The van der Waals surface area contributed by atoms with Gasteiger partial charge in [0.2, 0.25) is 0 Å². The van der Waals surface area contributed by atoms with Crippen LogP contribution in [0.1, 0.15) is 35.4 Å². The number of hydrogen-bond acceptors (Lipinski definition) is 6. The molecule has 8 nitrogen and oxygen atoms in total. The quantitative estimate of drug-likeness (QED) is 0.301. The molecule has 0 saturated carbocycles. The first-order valence-corrected chi connectivity index (χ1v) is 11.7. The molecule has 8 heteroatoms. The highest BCUT2D eigenvalue weighted by atomic mass is 16.6. The number of alkyl carbamates (subject to hydrolysis) is 1. The summed E-state index contributed by atoms with van der Waals surface area (Å²) >= 11 is 0. The van der Waals surface area contributed by atoms with E-state index in [4.69, 9.17) is 19.3 Å². The molecule has 0 atom stereocenters. The third-order valence-corrected chi connectivity index (χ3v) is 5.85. The van der Waals surface area contributed by atoms with Gasteiger partial charge in [0.25, 0.3) is 0 Å². The number of benzene rings is 3. The van der Waals surface area contributed by atoms with E-state index in [9.17, 15) is 14.4 Å². The summed E-state index contributed by atoms with van der Waals surface area (Å²) in [6.45, 7) is 0.216. The molecule has 0 aliphatic heterocycles. The molecule has 0 bridgehead atoms. The standard InChI is InChI=1S/C28H27NO7/c30-26(31)10-5-15-34-20-13-11-19(12-14-20)17-35-27(32)16-29-28(33)36-18-25-23-8-3-1-6-21(23)22-7-2-4-9-24(22)25/h1-4,6-9,11-14,25H,5,10,15-18H2,(H,29,33)(H,30,31). The molecule has 3 aromatic rings. The minimum absolute atomic E-state index is 0.0461. The van der Waals surface area contributed by atoms with Gasteiger partial charge in [0, 0.05) is 12.3 Å². The van der Waals surface area contributed by atoms with Gasteiger partial charge in [-0.3, -0.25) is 9.59 Å². The Bertz CT molecular complexity index is 1180. The second-order valence-corrected chi connectivity index (χ2v) is 8.33. The summed E-state index contributed by atoms with van der Waals surface area (Å²) in [4.78, 5) is 34.7. The van der Waals surface area contributed by atoms with Crippen LogP contribution in [0.25, 0.3) is 11.1 Å². The lowest BCUT2D eigenvalue weighted by atomic mass is 9.98. The topological polar surface area (TPSA) is 111 Å². The smallest absolute Gasteiger partial charge is 0.407 e. The van der Waals surface area contributed by atoms with Crippen LogP contribution in [0, 0.1) is 0 Å². The lowest BCUT2D eigenvalue weighted by molar-refractivity contribution is -0.143. The van der Waals surface area contributed by atoms with Crippen molar-refractivity contribution in [3.8, 4) is 16.9 Å². The van der Waals surface area contributed by atoms with E-state index in [2.05, 4.69) is 17.4 Å². The van der Waals surface area contributed by atoms with Crippen molar-refractivity contribution in [2.24, 2.45) is 0 Å². The van der Waals surface area contributed by atoms with Crippen LogP contribution >= 0.6 is 0 Å². The van der Waals surface area contributed by atoms with Gasteiger partial charge < -0.3 is 24.6 Å². The maximum atomic E-state index is 12.2. The molecule has 1 amide bonds. The van der Waals surface area contributed by atoms with Crippen molar-refractivity contribution < 1.29 is 33.7 Å². The minimum atomic E-state index is -0.858. The number of carbonyl (C=O) groups is 3. The van der Waals surface area contributed by atoms with E-state index in [1.165, 1.54) is 0 Å². The first-order chi connectivity index (χ1) is 17.5. The van der Waals surface area contributed by atoms with E-state index in [0.29, 0.717) is 18.8 Å². The first-order valence-electron chi connectivity index (χ1n) is 11.7. The normalized spacial score (nSPS) is 11.8. The van der Waals surface area contributed by atoms with Crippen LogP contribution in [0.4, 0.5) is 4.79 Å². The lowest BCUT2D eigenvalue weighted by Gasteiger charge is -2.14. The zero-order valence-electron chi connectivity index (χ0n) is 19.6. The van der Waals surface area contributed by atoms with E-state index >= 15 is 0 Å². The summed E-state index contributed by atoms with van der Waals surface area (Å²) in [6.07, 6.45) is -0.207. The molecule has 0 unspecified atom stereocenters. The monoisotopic (exact) mass is 489 g/mol. The highest BCUT2D eigenvalue weighted by Gasteiger charge is 2.29. The van der Waals surface area contributed by atoms with Gasteiger partial charge >= 0.3 is 18.0 Å². The first kappa shape index (κ1) is 24.8. The van der Waals surface area contributed by atoms with Gasteiger partial charge in [-0.05, 0) is 46.4 Å². The predicted molar refractivity (Wildman–Crippen MR) is 132 cm³/mol. The zero-order valence-corrected chi connectivity index (χ0v) is 19.6. The number of esters is 1. The number of carbonyl (C=O) groups excluding carboxylic acids is 2. The molecular weight excluding hydrogens is 462 g/mol. The molecule has 2 N–H and O–H groups in total. The number of nitrogens with one attached hydrogen (secondary N) is 1. The zero-order chi connectivity index (χ0) is 25.3. The van der Waals surface area contributed by atoms with Crippen molar-refractivity contribution in [2.45, 2.75) is 25.4 Å². The Morgan fingerprint density at radius 1 is 0.833 bits per heavy atom. The molecular formula is C28H27NO7. The molecule has 0 heterocycles. The number of carboxylic acids is 1. The fourth-order valence-electron chi connectivity index (χ4n) is 4.10. The maximum absolute atomic E-state index is 12.2. The average molecular weight is 490 g/mol. The van der Waals surface area contributed by atoms with Gasteiger partial charge in [0.05, 0.1) is 6.61 Å². The number of ether oxygens (including phenoxy) is 3. The fraction of sp³-hybridized carbons (Fsp3) is 0.250. The van der Waals surface area contributed by atoms with Gasteiger partial charge in [-0.1, -0.05) is 60.7 Å². The van der Waals surface area contributed by atoms with Crippen molar-refractivity contribution in [2.75, 3.05) is 19.8 Å². The van der Waals surface area contributed by atoms with E-state index in [-0.39, 0.29) is 32.1 Å². The maximum Gasteiger partial charge on any atom is 0.407 e. The number of aliphatic carboxylic acids is 1. The van der Waals surface area contributed by atoms with Gasteiger partial charge in [-0.25, -0.2) is 4.79 Å². The Morgan fingerprint density at radius 2 is 1.47 bits per heavy atom. The summed E-state index contributed by atoms with van der Waals surface area (Å²) in [5.41, 5.74) is 5.26. The largest absolute Gasteiger partial charge is 0.494 e. The Morgan fingerprint density at radius 3 is 2.11 bits per heavy atom. The average Bonchev–Trinajstić information content (AvgIpc) is 3.21. The second kappa shape index (κ2) is 11.9. The minimum Gasteiger partial charge on any atom is -0.494 e. The molecule has 36 heavy (non-hydrogen) atoms. The summed E-state index contributed by atoms with van der Waals surface area (Å²) < 4.78 is 16.1. The number of fused-ring (bicyclic) bond motifs is 3. The van der Waals surface area contributed by atoms with Crippen molar-refractivity contribution in [1.82, 2.24) is 5.32 Å². The molecule has 0 saturated heterocycles. The number of amides is 1. The molecule has 0 fully saturated rings. The molecule has 0 radical (unpaired) electrons. The Balaban J connectivity index is 1.17. The third-order valence-electron chi connectivity index (χ3n) is 5.85. The summed E-state index contributed by atoms with van der Waals surface area (Å²) in [7, 11) is 0.